The van der Waals surface area contributed by atoms with Gasteiger partial charge in [0.25, 0.3) is 0 Å². The summed E-state index contributed by atoms with van der Waals surface area (Å²) in [6.45, 7) is 11.8. The third kappa shape index (κ3) is 3.77. The topological polar surface area (TPSA) is 26.3 Å². The Morgan fingerprint density at radius 1 is 1.50 bits per heavy atom. The van der Waals surface area contributed by atoms with Crippen LogP contribution in [0.15, 0.2) is 24.3 Å². The lowest BCUT2D eigenvalue weighted by Crippen LogP contribution is -2.27. The Kier molecular flexibility index (Phi) is 5.21. The van der Waals surface area contributed by atoms with E-state index in [4.69, 9.17) is 4.74 Å². The van der Waals surface area contributed by atoms with Crippen molar-refractivity contribution in [1.29, 1.82) is 0 Å². The first-order chi connectivity index (χ1) is 6.46. The molecule has 2 heteroatoms. The van der Waals surface area contributed by atoms with Gasteiger partial charge >= 0.3 is 5.97 Å². The van der Waals surface area contributed by atoms with Gasteiger partial charge in [-0.25, -0.2) is 0 Å². The van der Waals surface area contributed by atoms with E-state index < -0.39 is 5.41 Å². The van der Waals surface area contributed by atoms with E-state index >= 15 is 0 Å². The minimum Gasteiger partial charge on any atom is -0.465 e. The van der Waals surface area contributed by atoms with Gasteiger partial charge in [0, 0.05) is 0 Å². The van der Waals surface area contributed by atoms with E-state index in [2.05, 4.69) is 6.58 Å². The second-order valence-electron chi connectivity index (χ2n) is 3.83. The zero-order valence-electron chi connectivity index (χ0n) is 9.59. The summed E-state index contributed by atoms with van der Waals surface area (Å²) >= 11 is 0. The number of carbonyl (C=O) groups is 1. The predicted octanol–water partition coefficient (Wildman–Crippen LogP) is 3.10. The predicted molar refractivity (Wildman–Crippen MR) is 59.0 cm³/mol. The summed E-state index contributed by atoms with van der Waals surface area (Å²) in [6, 6.07) is 0. The van der Waals surface area contributed by atoms with Crippen LogP contribution in [-0.4, -0.2) is 12.6 Å². The Morgan fingerprint density at radius 3 is 2.43 bits per heavy atom. The van der Waals surface area contributed by atoms with Gasteiger partial charge in [-0.15, -0.1) is 6.58 Å². The van der Waals surface area contributed by atoms with Crippen molar-refractivity contribution < 1.29 is 9.53 Å². The summed E-state index contributed by atoms with van der Waals surface area (Å²) in [5.74, 6) is -0.201. The monoisotopic (exact) mass is 196 g/mol. The lowest BCUT2D eigenvalue weighted by molar-refractivity contribution is -0.151. The molecule has 0 radical (unpaired) electrons. The minimum absolute atomic E-state index is 0.201. The lowest BCUT2D eigenvalue weighted by atomic mass is 9.86. The molecule has 1 unspecified atom stereocenters. The van der Waals surface area contributed by atoms with E-state index in [1.54, 1.807) is 6.08 Å². The molecule has 0 N–H and O–H groups in total. The molecule has 0 spiro atoms. The van der Waals surface area contributed by atoms with E-state index in [-0.39, 0.29) is 5.97 Å². The van der Waals surface area contributed by atoms with Crippen LogP contribution < -0.4 is 0 Å². The molecule has 0 aromatic carbocycles. The fraction of sp³-hybridized carbons (Fsp3) is 0.583. The molecule has 0 aliphatic heterocycles. The third-order valence-corrected chi connectivity index (χ3v) is 2.13. The highest BCUT2D eigenvalue weighted by molar-refractivity contribution is 5.78. The number of allylic oxidation sites excluding steroid dienone is 2. The molecule has 0 aromatic rings. The molecule has 14 heavy (non-hydrogen) atoms. The SMILES string of the molecule is C=CC(C)(CC=C(C)C)C(=O)OCC. The summed E-state index contributed by atoms with van der Waals surface area (Å²) in [5.41, 5.74) is 0.607. The van der Waals surface area contributed by atoms with Gasteiger partial charge < -0.3 is 4.74 Å². The lowest BCUT2D eigenvalue weighted by Gasteiger charge is -2.21. The number of hydrogen-bond donors (Lipinski definition) is 0. The molecule has 0 aliphatic rings. The van der Waals surface area contributed by atoms with Gasteiger partial charge in [-0.1, -0.05) is 17.7 Å². The largest absolute Gasteiger partial charge is 0.465 e. The zero-order valence-corrected chi connectivity index (χ0v) is 9.59. The van der Waals surface area contributed by atoms with E-state index in [1.165, 1.54) is 5.57 Å². The molecular formula is C12H20O2. The van der Waals surface area contributed by atoms with Gasteiger partial charge in [-0.3, -0.25) is 4.79 Å². The van der Waals surface area contributed by atoms with Gasteiger partial charge in [-0.2, -0.15) is 0 Å². The Labute approximate surface area is 86.6 Å². The second-order valence-corrected chi connectivity index (χ2v) is 3.83. The Bertz CT molecular complexity index is 237. The van der Waals surface area contributed by atoms with Crippen molar-refractivity contribution in [3.63, 3.8) is 0 Å². The Morgan fingerprint density at radius 2 is 2.07 bits per heavy atom. The van der Waals surface area contributed by atoms with Crippen LogP contribution in [0.3, 0.4) is 0 Å². The maximum Gasteiger partial charge on any atom is 0.315 e. The van der Waals surface area contributed by atoms with E-state index in [0.717, 1.165) is 0 Å². The average molecular weight is 196 g/mol. The summed E-state index contributed by atoms with van der Waals surface area (Å²) in [4.78, 5) is 11.6. The normalized spacial score (nSPS) is 14.0. The van der Waals surface area contributed by atoms with E-state index in [0.29, 0.717) is 13.0 Å². The first kappa shape index (κ1) is 12.9. The zero-order chi connectivity index (χ0) is 11.2. The van der Waals surface area contributed by atoms with Gasteiger partial charge in [0.2, 0.25) is 0 Å². The first-order valence-corrected chi connectivity index (χ1v) is 4.90. The van der Waals surface area contributed by atoms with Crippen molar-refractivity contribution in [2.75, 3.05) is 6.61 Å². The van der Waals surface area contributed by atoms with Gasteiger partial charge in [0.1, 0.15) is 0 Å². The first-order valence-electron chi connectivity index (χ1n) is 4.90. The average Bonchev–Trinajstić information content (AvgIpc) is 2.14. The molecule has 0 amide bonds. The maximum absolute atomic E-state index is 11.6. The quantitative estimate of drug-likeness (QED) is 0.499. The highest BCUT2D eigenvalue weighted by Gasteiger charge is 2.29. The molecule has 1 atom stereocenters. The van der Waals surface area contributed by atoms with Crippen LogP contribution in [0, 0.1) is 5.41 Å². The van der Waals surface area contributed by atoms with E-state index in [1.807, 2.05) is 33.8 Å². The summed E-state index contributed by atoms with van der Waals surface area (Å²) in [5, 5.41) is 0. The molecule has 0 aliphatic carbocycles. The van der Waals surface area contributed by atoms with Crippen molar-refractivity contribution >= 4 is 5.97 Å². The van der Waals surface area contributed by atoms with Crippen molar-refractivity contribution in [3.05, 3.63) is 24.3 Å². The number of hydrogen-bond acceptors (Lipinski definition) is 2. The van der Waals surface area contributed by atoms with Crippen LogP contribution in [0.1, 0.15) is 34.1 Å². The molecule has 0 bridgehead atoms. The second kappa shape index (κ2) is 5.63. The molecule has 80 valence electrons. The molecule has 0 heterocycles. The van der Waals surface area contributed by atoms with Crippen LogP contribution >= 0.6 is 0 Å². The molecule has 0 fully saturated rings. The summed E-state index contributed by atoms with van der Waals surface area (Å²) in [7, 11) is 0. The number of rotatable bonds is 5. The maximum atomic E-state index is 11.6. The van der Waals surface area contributed by atoms with Crippen LogP contribution in [0.2, 0.25) is 0 Å². The molecule has 0 aromatic heterocycles. The fourth-order valence-corrected chi connectivity index (χ4v) is 0.962. The number of ether oxygens (including phenoxy) is 1. The molecule has 0 saturated heterocycles. The van der Waals surface area contributed by atoms with Crippen molar-refractivity contribution in [3.8, 4) is 0 Å². The molecule has 0 saturated carbocycles. The van der Waals surface area contributed by atoms with Crippen LogP contribution in [0.5, 0.6) is 0 Å². The minimum atomic E-state index is -0.590. The van der Waals surface area contributed by atoms with Crippen LogP contribution in [-0.2, 0) is 9.53 Å². The van der Waals surface area contributed by atoms with Gasteiger partial charge in [0.05, 0.1) is 12.0 Å². The number of esters is 1. The Balaban J connectivity index is 4.54. The highest BCUT2D eigenvalue weighted by Crippen LogP contribution is 2.25. The fourth-order valence-electron chi connectivity index (χ4n) is 0.962. The third-order valence-electron chi connectivity index (χ3n) is 2.13. The molecular weight excluding hydrogens is 176 g/mol. The van der Waals surface area contributed by atoms with Crippen molar-refractivity contribution in [2.45, 2.75) is 34.1 Å². The van der Waals surface area contributed by atoms with Crippen molar-refractivity contribution in [2.24, 2.45) is 5.41 Å². The smallest absolute Gasteiger partial charge is 0.315 e. The van der Waals surface area contributed by atoms with Crippen LogP contribution in [0.4, 0.5) is 0 Å². The van der Waals surface area contributed by atoms with Gasteiger partial charge in [-0.05, 0) is 34.1 Å². The standard InChI is InChI=1S/C12H20O2/c1-6-12(5,9-8-10(3)4)11(13)14-7-2/h6,8H,1,7,9H2,2-5H3. The molecule has 2 nitrogen and oxygen atoms in total. The Hall–Kier alpha value is -1.05. The van der Waals surface area contributed by atoms with E-state index in [9.17, 15) is 4.79 Å². The molecule has 0 rings (SSSR count). The van der Waals surface area contributed by atoms with Crippen molar-refractivity contribution in [1.82, 2.24) is 0 Å². The highest BCUT2D eigenvalue weighted by atomic mass is 16.5. The number of carbonyl (C=O) groups excluding carboxylic acids is 1. The summed E-state index contributed by atoms with van der Waals surface area (Å²) in [6.07, 6.45) is 4.33. The van der Waals surface area contributed by atoms with Crippen LogP contribution in [0.25, 0.3) is 0 Å². The summed E-state index contributed by atoms with van der Waals surface area (Å²) < 4.78 is 4.99. The van der Waals surface area contributed by atoms with Gasteiger partial charge in [0.15, 0.2) is 0 Å².